The molecule has 1 atom stereocenters. The Bertz CT molecular complexity index is 477. The van der Waals surface area contributed by atoms with Crippen LogP contribution >= 0.6 is 8.58 Å². The van der Waals surface area contributed by atoms with Gasteiger partial charge in [0.05, 0.1) is 0 Å². The molecule has 0 N–H and O–H groups in total. The molecule has 17 heavy (non-hydrogen) atoms. The van der Waals surface area contributed by atoms with E-state index in [4.69, 9.17) is 0 Å². The fraction of sp³-hybridized carbons (Fsp3) is 0.250. The molecule has 0 aliphatic carbocycles. The van der Waals surface area contributed by atoms with E-state index in [0.717, 1.165) is 14.7 Å². The maximum Gasteiger partial charge on any atom is -0.00600 e. The first-order valence-corrected chi connectivity index (χ1v) is 7.23. The highest BCUT2D eigenvalue weighted by atomic mass is 31.1. The summed E-state index contributed by atoms with van der Waals surface area (Å²) in [6.07, 6.45) is 1.16. The highest BCUT2D eigenvalue weighted by Gasteiger charge is 2.03. The number of rotatable bonds is 3. The molecule has 0 aliphatic heterocycles. The Balaban J connectivity index is 2.15. The molecular formula is C16H19P. The van der Waals surface area contributed by atoms with Gasteiger partial charge in [0.1, 0.15) is 0 Å². The standard InChI is InChI=1S/C16H19P/c1-12-9-13(2)16(14(3)10-12)17-11-15-7-5-4-6-8-15/h4-10,17H,11H2,1-3H3. The predicted molar refractivity (Wildman–Crippen MR) is 78.7 cm³/mol. The summed E-state index contributed by atoms with van der Waals surface area (Å²) in [6, 6.07) is 15.3. The maximum absolute atomic E-state index is 2.29. The Labute approximate surface area is 106 Å². The molecule has 0 nitrogen and oxygen atoms in total. The summed E-state index contributed by atoms with van der Waals surface area (Å²) in [6.45, 7) is 6.63. The average molecular weight is 242 g/mol. The van der Waals surface area contributed by atoms with Crippen molar-refractivity contribution >= 4 is 13.9 Å². The highest BCUT2D eigenvalue weighted by Crippen LogP contribution is 2.22. The number of benzene rings is 2. The molecule has 2 aromatic carbocycles. The van der Waals surface area contributed by atoms with Gasteiger partial charge in [-0.25, -0.2) is 0 Å². The van der Waals surface area contributed by atoms with Crippen LogP contribution in [0.4, 0.5) is 0 Å². The first-order chi connectivity index (χ1) is 8.16. The first-order valence-electron chi connectivity index (χ1n) is 6.02. The first kappa shape index (κ1) is 12.3. The van der Waals surface area contributed by atoms with Crippen molar-refractivity contribution in [1.29, 1.82) is 0 Å². The lowest BCUT2D eigenvalue weighted by Gasteiger charge is -2.11. The van der Waals surface area contributed by atoms with E-state index in [1.165, 1.54) is 22.3 Å². The van der Waals surface area contributed by atoms with Crippen molar-refractivity contribution in [3.63, 3.8) is 0 Å². The molecule has 0 bridgehead atoms. The third-order valence-electron chi connectivity index (χ3n) is 2.99. The molecule has 0 fully saturated rings. The molecule has 0 aliphatic rings. The van der Waals surface area contributed by atoms with Gasteiger partial charge in [-0.1, -0.05) is 56.6 Å². The molecule has 2 rings (SSSR count). The van der Waals surface area contributed by atoms with E-state index in [2.05, 4.69) is 63.2 Å². The van der Waals surface area contributed by atoms with E-state index < -0.39 is 0 Å². The fourth-order valence-corrected chi connectivity index (χ4v) is 3.56. The van der Waals surface area contributed by atoms with Gasteiger partial charge in [-0.05, 0) is 48.9 Å². The van der Waals surface area contributed by atoms with E-state index in [-0.39, 0.29) is 0 Å². The minimum Gasteiger partial charge on any atom is -0.0853 e. The largest absolute Gasteiger partial charge is 0.0853 e. The summed E-state index contributed by atoms with van der Waals surface area (Å²) in [5, 5.41) is 1.54. The summed E-state index contributed by atoms with van der Waals surface area (Å²) in [5.41, 5.74) is 5.69. The SMILES string of the molecule is Cc1cc(C)c(PCc2ccccc2)c(C)c1. The van der Waals surface area contributed by atoms with Crippen molar-refractivity contribution in [3.05, 3.63) is 64.7 Å². The van der Waals surface area contributed by atoms with E-state index in [1.807, 2.05) is 0 Å². The van der Waals surface area contributed by atoms with Crippen molar-refractivity contribution in [1.82, 2.24) is 0 Å². The summed E-state index contributed by atoms with van der Waals surface area (Å²) in [4.78, 5) is 0. The van der Waals surface area contributed by atoms with Crippen molar-refractivity contribution in [2.45, 2.75) is 26.9 Å². The van der Waals surface area contributed by atoms with Crippen LogP contribution in [0.25, 0.3) is 0 Å². The molecule has 0 saturated heterocycles. The number of hydrogen-bond donors (Lipinski definition) is 0. The van der Waals surface area contributed by atoms with E-state index in [9.17, 15) is 0 Å². The van der Waals surface area contributed by atoms with Crippen molar-refractivity contribution in [2.75, 3.05) is 0 Å². The molecule has 0 spiro atoms. The zero-order valence-corrected chi connectivity index (χ0v) is 11.7. The maximum atomic E-state index is 2.29. The Hall–Kier alpha value is -1.13. The molecule has 2 aromatic rings. The minimum absolute atomic E-state index is 0.876. The van der Waals surface area contributed by atoms with Crippen LogP contribution in [0.2, 0.25) is 0 Å². The van der Waals surface area contributed by atoms with Crippen LogP contribution in [0.1, 0.15) is 22.3 Å². The Morgan fingerprint density at radius 3 is 2.06 bits per heavy atom. The van der Waals surface area contributed by atoms with E-state index in [1.54, 1.807) is 5.30 Å². The lowest BCUT2D eigenvalue weighted by atomic mass is 10.1. The number of aryl methyl sites for hydroxylation is 3. The minimum atomic E-state index is 0.876. The molecule has 0 heterocycles. The van der Waals surface area contributed by atoms with Gasteiger partial charge < -0.3 is 0 Å². The van der Waals surface area contributed by atoms with Crippen LogP contribution in [0.15, 0.2) is 42.5 Å². The van der Waals surface area contributed by atoms with Gasteiger partial charge in [0.25, 0.3) is 0 Å². The van der Waals surface area contributed by atoms with Gasteiger partial charge in [-0.3, -0.25) is 0 Å². The summed E-state index contributed by atoms with van der Waals surface area (Å²) >= 11 is 0. The molecule has 88 valence electrons. The normalized spacial score (nSPS) is 11.2. The summed E-state index contributed by atoms with van der Waals surface area (Å²) < 4.78 is 0. The molecule has 1 unspecified atom stereocenters. The van der Waals surface area contributed by atoms with Gasteiger partial charge in [0.15, 0.2) is 0 Å². The van der Waals surface area contributed by atoms with Crippen LogP contribution < -0.4 is 5.30 Å². The molecule has 0 aromatic heterocycles. The van der Waals surface area contributed by atoms with Gasteiger partial charge >= 0.3 is 0 Å². The number of hydrogen-bond acceptors (Lipinski definition) is 0. The van der Waals surface area contributed by atoms with Crippen LogP contribution in [0.3, 0.4) is 0 Å². The van der Waals surface area contributed by atoms with E-state index in [0.29, 0.717) is 0 Å². The van der Waals surface area contributed by atoms with Crippen molar-refractivity contribution in [2.24, 2.45) is 0 Å². The lowest BCUT2D eigenvalue weighted by molar-refractivity contribution is 1.35. The highest BCUT2D eigenvalue weighted by molar-refractivity contribution is 7.46. The summed E-state index contributed by atoms with van der Waals surface area (Å²) in [5.74, 6) is 0. The fourth-order valence-electron chi connectivity index (χ4n) is 2.25. The molecule has 0 radical (unpaired) electrons. The van der Waals surface area contributed by atoms with Crippen molar-refractivity contribution < 1.29 is 0 Å². The Morgan fingerprint density at radius 1 is 0.882 bits per heavy atom. The molecule has 0 saturated carbocycles. The molecular weight excluding hydrogens is 223 g/mol. The van der Waals surface area contributed by atoms with Crippen LogP contribution in [-0.4, -0.2) is 0 Å². The second kappa shape index (κ2) is 5.47. The second-order valence-corrected chi connectivity index (χ2v) is 5.82. The topological polar surface area (TPSA) is 0 Å². The third-order valence-corrected chi connectivity index (χ3v) is 4.72. The van der Waals surface area contributed by atoms with Gasteiger partial charge in [-0.2, -0.15) is 0 Å². The van der Waals surface area contributed by atoms with Crippen LogP contribution in [-0.2, 0) is 6.16 Å². The summed E-state index contributed by atoms with van der Waals surface area (Å²) in [7, 11) is 0.876. The second-order valence-electron chi connectivity index (χ2n) is 4.61. The van der Waals surface area contributed by atoms with Crippen molar-refractivity contribution in [3.8, 4) is 0 Å². The lowest BCUT2D eigenvalue weighted by Crippen LogP contribution is -2.06. The Kier molecular flexibility index (Phi) is 3.97. The van der Waals surface area contributed by atoms with E-state index >= 15 is 0 Å². The quantitative estimate of drug-likeness (QED) is 0.710. The molecule has 0 amide bonds. The Morgan fingerprint density at radius 2 is 1.47 bits per heavy atom. The molecule has 1 heteroatoms. The zero-order valence-electron chi connectivity index (χ0n) is 10.7. The third kappa shape index (κ3) is 3.17. The van der Waals surface area contributed by atoms with Gasteiger partial charge in [0.2, 0.25) is 0 Å². The van der Waals surface area contributed by atoms with Gasteiger partial charge in [0, 0.05) is 0 Å². The van der Waals surface area contributed by atoms with Crippen LogP contribution in [0, 0.1) is 20.8 Å². The van der Waals surface area contributed by atoms with Gasteiger partial charge in [-0.15, -0.1) is 0 Å². The predicted octanol–water partition coefficient (Wildman–Crippen LogP) is 4.12. The smallest absolute Gasteiger partial charge is 0.00600 e. The van der Waals surface area contributed by atoms with Crippen LogP contribution in [0.5, 0.6) is 0 Å². The average Bonchev–Trinajstić information content (AvgIpc) is 2.29. The monoisotopic (exact) mass is 242 g/mol. The zero-order chi connectivity index (χ0) is 12.3.